The average molecular weight is 336 g/mol. The van der Waals surface area contributed by atoms with Crippen LogP contribution in [0.25, 0.3) is 11.1 Å². The van der Waals surface area contributed by atoms with Crippen LogP contribution in [-0.4, -0.2) is 29.8 Å². The number of anilines is 1. The van der Waals surface area contributed by atoms with Crippen LogP contribution in [0.5, 0.6) is 0 Å². The number of carbonyl (C=O) groups excluding carboxylic acids is 1. The zero-order chi connectivity index (χ0) is 17.5. The van der Waals surface area contributed by atoms with Crippen molar-refractivity contribution in [3.8, 4) is 11.1 Å². The van der Waals surface area contributed by atoms with Crippen LogP contribution in [0.4, 0.5) is 18.9 Å². The van der Waals surface area contributed by atoms with Crippen LogP contribution in [0.2, 0.25) is 0 Å². The third-order valence-corrected chi connectivity index (χ3v) is 4.05. The Morgan fingerprint density at radius 2 is 1.67 bits per heavy atom. The molecule has 0 aromatic heterocycles. The fraction of sp³-hybridized carbons (Fsp3) is 0.235. The number of halogens is 3. The van der Waals surface area contributed by atoms with Gasteiger partial charge in [-0.05, 0) is 17.2 Å². The van der Waals surface area contributed by atoms with Crippen LogP contribution in [0.15, 0.2) is 48.5 Å². The van der Waals surface area contributed by atoms with Crippen molar-refractivity contribution < 1.29 is 23.1 Å². The lowest BCUT2D eigenvalue weighted by Crippen LogP contribution is -2.46. The van der Waals surface area contributed by atoms with E-state index in [1.54, 1.807) is 48.5 Å². The second kappa shape index (κ2) is 5.92. The van der Waals surface area contributed by atoms with E-state index in [9.17, 15) is 23.1 Å². The van der Waals surface area contributed by atoms with Gasteiger partial charge in [0.1, 0.15) is 6.04 Å². The highest BCUT2D eigenvalue weighted by Gasteiger charge is 2.42. The third kappa shape index (κ3) is 2.76. The van der Waals surface area contributed by atoms with Gasteiger partial charge in [-0.15, -0.1) is 0 Å². The summed E-state index contributed by atoms with van der Waals surface area (Å²) in [7, 11) is 0. The van der Waals surface area contributed by atoms with Gasteiger partial charge in [-0.25, -0.2) is 0 Å². The number of rotatable bonds is 2. The standard InChI is InChI=1S/C17H15F3N2O2/c18-17(19,20)14(23)9-22-13-8-4-3-6-11(13)10-5-1-2-7-12(10)15(21)16(22)24/h1-8,14-15,23H,9,21H2/t14-,15?/m0/s1. The molecule has 0 radical (unpaired) electrons. The number of carbonyl (C=O) groups is 1. The van der Waals surface area contributed by atoms with E-state index < -0.39 is 30.8 Å². The fourth-order valence-electron chi connectivity index (χ4n) is 2.83. The summed E-state index contributed by atoms with van der Waals surface area (Å²) in [5.74, 6) is -0.685. The van der Waals surface area contributed by atoms with E-state index in [0.717, 1.165) is 4.90 Å². The number of hydrogen-bond acceptors (Lipinski definition) is 3. The van der Waals surface area contributed by atoms with Gasteiger partial charge in [0, 0.05) is 5.56 Å². The molecule has 2 atom stereocenters. The highest BCUT2D eigenvalue weighted by molar-refractivity contribution is 6.04. The molecule has 3 N–H and O–H groups in total. The Morgan fingerprint density at radius 1 is 1.08 bits per heavy atom. The van der Waals surface area contributed by atoms with Gasteiger partial charge in [0.05, 0.1) is 12.2 Å². The van der Waals surface area contributed by atoms with E-state index in [1.807, 2.05) is 0 Å². The van der Waals surface area contributed by atoms with Gasteiger partial charge in [-0.2, -0.15) is 13.2 Å². The first kappa shape index (κ1) is 16.5. The first-order valence-corrected chi connectivity index (χ1v) is 7.31. The number of alkyl halides is 3. The van der Waals surface area contributed by atoms with Crippen LogP contribution in [0, 0.1) is 0 Å². The molecule has 2 aromatic rings. The molecule has 1 heterocycles. The van der Waals surface area contributed by atoms with E-state index in [4.69, 9.17) is 5.73 Å². The molecule has 24 heavy (non-hydrogen) atoms. The third-order valence-electron chi connectivity index (χ3n) is 4.05. The van der Waals surface area contributed by atoms with Crippen molar-refractivity contribution in [2.45, 2.75) is 18.3 Å². The molecular weight excluding hydrogens is 321 g/mol. The first-order chi connectivity index (χ1) is 11.3. The largest absolute Gasteiger partial charge is 0.416 e. The lowest BCUT2D eigenvalue weighted by molar-refractivity contribution is -0.200. The van der Waals surface area contributed by atoms with Crippen molar-refractivity contribution in [2.24, 2.45) is 5.73 Å². The molecule has 4 nitrogen and oxygen atoms in total. The molecule has 1 aliphatic heterocycles. The normalized spacial score (nSPS) is 18.6. The topological polar surface area (TPSA) is 66.6 Å². The second-order valence-electron chi connectivity index (χ2n) is 5.59. The molecule has 0 spiro atoms. The number of aliphatic hydroxyl groups is 1. The molecule has 0 fully saturated rings. The Kier molecular flexibility index (Phi) is 4.06. The molecule has 1 unspecified atom stereocenters. The van der Waals surface area contributed by atoms with E-state index in [1.165, 1.54) is 0 Å². The fourth-order valence-corrected chi connectivity index (χ4v) is 2.83. The zero-order valence-electron chi connectivity index (χ0n) is 12.5. The van der Waals surface area contributed by atoms with Gasteiger partial charge in [0.25, 0.3) is 0 Å². The van der Waals surface area contributed by atoms with Crippen LogP contribution in [-0.2, 0) is 4.79 Å². The summed E-state index contributed by atoms with van der Waals surface area (Å²) in [5, 5.41) is 9.42. The number of aliphatic hydroxyl groups excluding tert-OH is 1. The van der Waals surface area contributed by atoms with Crippen molar-refractivity contribution in [2.75, 3.05) is 11.4 Å². The number of hydrogen-bond donors (Lipinski definition) is 2. The molecule has 0 bridgehead atoms. The van der Waals surface area contributed by atoms with Crippen molar-refractivity contribution >= 4 is 11.6 Å². The van der Waals surface area contributed by atoms with Gasteiger partial charge in [0.2, 0.25) is 5.91 Å². The first-order valence-electron chi connectivity index (χ1n) is 7.31. The van der Waals surface area contributed by atoms with Crippen molar-refractivity contribution in [1.82, 2.24) is 0 Å². The molecule has 1 amide bonds. The SMILES string of the molecule is NC1C(=O)N(C[C@H](O)C(F)(F)F)c2ccccc2-c2ccccc21. The van der Waals surface area contributed by atoms with Gasteiger partial charge < -0.3 is 15.7 Å². The predicted molar refractivity (Wildman–Crippen MR) is 83.2 cm³/mol. The molecule has 1 aliphatic rings. The van der Waals surface area contributed by atoms with Crippen molar-refractivity contribution in [3.63, 3.8) is 0 Å². The number of nitrogens with zero attached hydrogens (tertiary/aromatic N) is 1. The Morgan fingerprint density at radius 3 is 2.33 bits per heavy atom. The van der Waals surface area contributed by atoms with Gasteiger partial charge in [-0.3, -0.25) is 4.79 Å². The number of nitrogens with two attached hydrogens (primary N) is 1. The molecule has 3 rings (SSSR count). The highest BCUT2D eigenvalue weighted by atomic mass is 19.4. The quantitative estimate of drug-likeness (QED) is 0.886. The Labute approximate surface area is 136 Å². The second-order valence-corrected chi connectivity index (χ2v) is 5.59. The minimum Gasteiger partial charge on any atom is -0.382 e. The van der Waals surface area contributed by atoms with Crippen molar-refractivity contribution in [1.29, 1.82) is 0 Å². The number of amides is 1. The zero-order valence-corrected chi connectivity index (χ0v) is 12.5. The van der Waals surface area contributed by atoms with Gasteiger partial charge in [0.15, 0.2) is 6.10 Å². The Balaban J connectivity index is 2.14. The van der Waals surface area contributed by atoms with E-state index in [0.29, 0.717) is 22.4 Å². The maximum atomic E-state index is 12.7. The van der Waals surface area contributed by atoms with E-state index >= 15 is 0 Å². The number of benzene rings is 2. The summed E-state index contributed by atoms with van der Waals surface area (Å²) in [6, 6.07) is 12.4. The number of para-hydroxylation sites is 1. The van der Waals surface area contributed by atoms with Crippen LogP contribution in [0.3, 0.4) is 0 Å². The van der Waals surface area contributed by atoms with Crippen LogP contribution < -0.4 is 10.6 Å². The average Bonchev–Trinajstić information content (AvgIpc) is 2.64. The summed E-state index contributed by atoms with van der Waals surface area (Å²) >= 11 is 0. The molecule has 0 saturated heterocycles. The molecule has 0 aliphatic carbocycles. The minimum absolute atomic E-state index is 0.297. The summed E-state index contributed by atoms with van der Waals surface area (Å²) in [6.45, 7) is -0.902. The van der Waals surface area contributed by atoms with Gasteiger partial charge >= 0.3 is 6.18 Å². The Hall–Kier alpha value is -2.38. The smallest absolute Gasteiger partial charge is 0.382 e. The molecule has 0 saturated carbocycles. The molecular formula is C17H15F3N2O2. The van der Waals surface area contributed by atoms with Gasteiger partial charge in [-0.1, -0.05) is 42.5 Å². The highest BCUT2D eigenvalue weighted by Crippen LogP contribution is 2.39. The summed E-state index contributed by atoms with van der Waals surface area (Å²) in [6.07, 6.45) is -7.47. The summed E-state index contributed by atoms with van der Waals surface area (Å²) in [4.78, 5) is 13.6. The lowest BCUT2D eigenvalue weighted by Gasteiger charge is -2.27. The summed E-state index contributed by atoms with van der Waals surface area (Å²) in [5.41, 5.74) is 8.12. The monoisotopic (exact) mass is 336 g/mol. The summed E-state index contributed by atoms with van der Waals surface area (Å²) < 4.78 is 38.2. The van der Waals surface area contributed by atoms with Crippen LogP contribution >= 0.6 is 0 Å². The Bertz CT molecular complexity index is 776. The maximum absolute atomic E-state index is 12.7. The molecule has 7 heteroatoms. The van der Waals surface area contributed by atoms with Crippen molar-refractivity contribution in [3.05, 3.63) is 54.1 Å². The van der Waals surface area contributed by atoms with E-state index in [-0.39, 0.29) is 0 Å². The number of β-amino-alcohol motifs (C(OH)–C–C–N with tert-alkyl or cyclic N) is 1. The molecule has 2 aromatic carbocycles. The predicted octanol–water partition coefficient (Wildman–Crippen LogP) is 2.62. The minimum atomic E-state index is -4.82. The lowest BCUT2D eigenvalue weighted by atomic mass is 9.96. The number of fused-ring (bicyclic) bond motifs is 3. The maximum Gasteiger partial charge on any atom is 0.416 e. The van der Waals surface area contributed by atoms with E-state index in [2.05, 4.69) is 0 Å². The van der Waals surface area contributed by atoms with Crippen LogP contribution in [0.1, 0.15) is 11.6 Å². The molecule has 126 valence electrons.